The third kappa shape index (κ3) is 4.47. The summed E-state index contributed by atoms with van der Waals surface area (Å²) >= 11 is 0. The lowest BCUT2D eigenvalue weighted by atomic mass is 9.86. The molecule has 0 aliphatic carbocycles. The van der Waals surface area contributed by atoms with E-state index in [1.54, 1.807) is 27.7 Å². The molecule has 9 heteroatoms. The molecule has 1 aliphatic rings. The molecule has 0 radical (unpaired) electrons. The van der Waals surface area contributed by atoms with Crippen molar-refractivity contribution in [3.8, 4) is 0 Å². The molecule has 1 N–H and O–H groups in total. The second-order valence-corrected chi connectivity index (χ2v) is 6.93. The van der Waals surface area contributed by atoms with Crippen LogP contribution in [0.3, 0.4) is 0 Å². The van der Waals surface area contributed by atoms with Gasteiger partial charge in [-0.25, -0.2) is 19.5 Å². The first-order valence-corrected chi connectivity index (χ1v) is 8.24. The molecule has 142 valence electrons. The van der Waals surface area contributed by atoms with Gasteiger partial charge >= 0.3 is 6.09 Å². The Morgan fingerprint density at radius 2 is 2.19 bits per heavy atom. The molecular weight excluding hydrogens is 345 g/mol. The lowest BCUT2D eigenvalue weighted by molar-refractivity contribution is -0.385. The van der Waals surface area contributed by atoms with Gasteiger partial charge in [-0.2, -0.15) is 0 Å². The maximum absolute atomic E-state index is 14.4. The average molecular weight is 367 g/mol. The van der Waals surface area contributed by atoms with Gasteiger partial charge in [0.15, 0.2) is 0 Å². The number of carbonyl (C=O) groups excluding carboxylic acids is 1. The van der Waals surface area contributed by atoms with Crippen LogP contribution in [-0.2, 0) is 15.1 Å². The molecule has 1 aromatic rings. The monoisotopic (exact) mass is 367 g/mol. The molecule has 26 heavy (non-hydrogen) atoms. The summed E-state index contributed by atoms with van der Waals surface area (Å²) in [6.45, 7) is 7.18. The molecule has 1 heterocycles. The van der Waals surface area contributed by atoms with Gasteiger partial charge in [0.1, 0.15) is 17.0 Å². The topological polar surface area (TPSA) is 103 Å². The minimum Gasteiger partial charge on any atom is -0.453 e. The van der Waals surface area contributed by atoms with Gasteiger partial charge in [0, 0.05) is 30.7 Å². The minimum absolute atomic E-state index is 0.0626. The van der Waals surface area contributed by atoms with E-state index < -0.39 is 28.0 Å². The standard InChI is InChI=1S/C17H22FN3O5/c1-5-17(12-10-11(21(23)24)6-7-13(12)18)8-9-19-14(25-17)20-15(22)26-16(2,3)4/h6-7,10H,5,8-9H2,1-4H3,(H,19,20,22)/t17-/m0/s1. The van der Waals surface area contributed by atoms with Crippen LogP contribution in [0.5, 0.6) is 0 Å². The van der Waals surface area contributed by atoms with Crippen LogP contribution in [0.25, 0.3) is 0 Å². The number of amidine groups is 1. The maximum atomic E-state index is 14.4. The van der Waals surface area contributed by atoms with Crippen molar-refractivity contribution in [1.82, 2.24) is 5.32 Å². The molecule has 0 saturated heterocycles. The predicted octanol–water partition coefficient (Wildman–Crippen LogP) is 3.64. The number of amides is 1. The molecular formula is C17H22FN3O5. The normalized spacial score (nSPS) is 20.0. The lowest BCUT2D eigenvalue weighted by Crippen LogP contribution is -2.45. The van der Waals surface area contributed by atoms with Gasteiger partial charge in [-0.1, -0.05) is 6.92 Å². The van der Waals surface area contributed by atoms with E-state index in [4.69, 9.17) is 9.47 Å². The molecule has 1 aromatic carbocycles. The van der Waals surface area contributed by atoms with Crippen molar-refractivity contribution < 1.29 is 23.6 Å². The van der Waals surface area contributed by atoms with Crippen molar-refractivity contribution in [3.05, 3.63) is 39.7 Å². The third-order valence-corrected chi connectivity index (χ3v) is 3.89. The van der Waals surface area contributed by atoms with Gasteiger partial charge < -0.3 is 9.47 Å². The highest BCUT2D eigenvalue weighted by Gasteiger charge is 2.40. The molecule has 1 aliphatic heterocycles. The van der Waals surface area contributed by atoms with Gasteiger partial charge in [0.05, 0.1) is 4.92 Å². The summed E-state index contributed by atoms with van der Waals surface area (Å²) in [6.07, 6.45) is -0.0936. The number of carbonyl (C=O) groups is 1. The Kier molecular flexibility index (Phi) is 5.48. The Morgan fingerprint density at radius 3 is 2.77 bits per heavy atom. The van der Waals surface area contributed by atoms with Crippen molar-refractivity contribution in [2.45, 2.75) is 51.7 Å². The number of nitro groups is 1. The number of rotatable bonds is 3. The van der Waals surface area contributed by atoms with E-state index >= 15 is 0 Å². The Bertz CT molecular complexity index is 744. The Labute approximate surface area is 150 Å². The van der Waals surface area contributed by atoms with Crippen LogP contribution in [0.2, 0.25) is 0 Å². The van der Waals surface area contributed by atoms with Crippen molar-refractivity contribution >= 4 is 17.8 Å². The number of halogens is 1. The second kappa shape index (κ2) is 7.27. The predicted molar refractivity (Wildman–Crippen MR) is 92.4 cm³/mol. The van der Waals surface area contributed by atoms with Crippen LogP contribution < -0.4 is 5.32 Å². The number of nitrogens with one attached hydrogen (secondary N) is 1. The minimum atomic E-state index is -1.16. The van der Waals surface area contributed by atoms with Crippen LogP contribution in [0, 0.1) is 15.9 Å². The van der Waals surface area contributed by atoms with E-state index in [-0.39, 0.29) is 23.8 Å². The molecule has 0 saturated carbocycles. The first-order valence-electron chi connectivity index (χ1n) is 8.24. The Balaban J connectivity index is 2.28. The molecule has 1 atom stereocenters. The van der Waals surface area contributed by atoms with Crippen molar-refractivity contribution in [3.63, 3.8) is 0 Å². The fourth-order valence-corrected chi connectivity index (χ4v) is 2.67. The number of nitrogens with zero attached hydrogens (tertiary/aromatic N) is 2. The smallest absolute Gasteiger partial charge is 0.415 e. The number of hydrogen-bond acceptors (Lipinski definition) is 6. The van der Waals surface area contributed by atoms with Gasteiger partial charge in [0.2, 0.25) is 0 Å². The van der Waals surface area contributed by atoms with Crippen LogP contribution in [-0.4, -0.2) is 29.2 Å². The van der Waals surface area contributed by atoms with E-state index in [9.17, 15) is 19.3 Å². The highest BCUT2D eigenvalue weighted by Crippen LogP contribution is 2.38. The van der Waals surface area contributed by atoms with Crippen LogP contribution in [0.4, 0.5) is 14.9 Å². The Morgan fingerprint density at radius 1 is 1.50 bits per heavy atom. The molecule has 0 bridgehead atoms. The van der Waals surface area contributed by atoms with Gasteiger partial charge in [-0.15, -0.1) is 0 Å². The quantitative estimate of drug-likeness (QED) is 0.649. The van der Waals surface area contributed by atoms with E-state index in [2.05, 4.69) is 10.3 Å². The molecule has 0 aromatic heterocycles. The summed E-state index contributed by atoms with van der Waals surface area (Å²) < 4.78 is 25.3. The van der Waals surface area contributed by atoms with Crippen LogP contribution in [0.15, 0.2) is 23.2 Å². The fourth-order valence-electron chi connectivity index (χ4n) is 2.67. The summed E-state index contributed by atoms with van der Waals surface area (Å²) in [6, 6.07) is 3.20. The molecule has 1 amide bonds. The summed E-state index contributed by atoms with van der Waals surface area (Å²) in [5.41, 5.74) is -2.04. The number of ether oxygens (including phenoxy) is 2. The lowest BCUT2D eigenvalue weighted by Gasteiger charge is -2.36. The largest absolute Gasteiger partial charge is 0.453 e. The highest BCUT2D eigenvalue weighted by molar-refractivity contribution is 5.91. The number of nitro benzene ring substituents is 1. The number of benzene rings is 1. The number of non-ortho nitro benzene ring substituents is 1. The van der Waals surface area contributed by atoms with Crippen LogP contribution >= 0.6 is 0 Å². The van der Waals surface area contributed by atoms with Crippen molar-refractivity contribution in [2.24, 2.45) is 4.99 Å². The summed E-state index contributed by atoms with van der Waals surface area (Å²) in [5.74, 6) is -0.615. The SMILES string of the molecule is CC[C@@]1(c2cc([N+](=O)[O-])ccc2F)CCN=C(NC(=O)OC(C)(C)C)O1. The zero-order chi connectivity index (χ0) is 19.5. The number of alkyl carbamates (subject to hydrolysis) is 1. The highest BCUT2D eigenvalue weighted by atomic mass is 19.1. The summed E-state index contributed by atoms with van der Waals surface area (Å²) in [7, 11) is 0. The Hall–Kier alpha value is -2.71. The molecule has 8 nitrogen and oxygen atoms in total. The maximum Gasteiger partial charge on any atom is 0.415 e. The second-order valence-electron chi connectivity index (χ2n) is 6.93. The van der Waals surface area contributed by atoms with Gasteiger partial charge in [-0.3, -0.25) is 10.1 Å². The first kappa shape index (κ1) is 19.6. The zero-order valence-electron chi connectivity index (χ0n) is 15.2. The molecule has 2 rings (SSSR count). The molecule has 0 spiro atoms. The van der Waals surface area contributed by atoms with Crippen LogP contribution in [0.1, 0.15) is 46.1 Å². The third-order valence-electron chi connectivity index (χ3n) is 3.89. The zero-order valence-corrected chi connectivity index (χ0v) is 15.2. The van der Waals surface area contributed by atoms with Crippen molar-refractivity contribution in [1.29, 1.82) is 0 Å². The van der Waals surface area contributed by atoms with E-state index in [1.807, 2.05) is 0 Å². The summed E-state index contributed by atoms with van der Waals surface area (Å²) in [5, 5.41) is 13.4. The fraction of sp³-hybridized carbons (Fsp3) is 0.529. The van der Waals surface area contributed by atoms with E-state index in [1.165, 1.54) is 0 Å². The van der Waals surface area contributed by atoms with E-state index in [0.29, 0.717) is 12.8 Å². The number of hydrogen-bond donors (Lipinski definition) is 1. The molecule has 0 unspecified atom stereocenters. The van der Waals surface area contributed by atoms with Crippen molar-refractivity contribution in [2.75, 3.05) is 6.54 Å². The van der Waals surface area contributed by atoms with Gasteiger partial charge in [-0.05, 0) is 33.3 Å². The first-order chi connectivity index (χ1) is 12.1. The average Bonchev–Trinajstić information content (AvgIpc) is 2.53. The van der Waals surface area contributed by atoms with Gasteiger partial charge in [0.25, 0.3) is 11.7 Å². The number of aliphatic imine (C=N–C) groups is 1. The van der Waals surface area contributed by atoms with E-state index in [0.717, 1.165) is 18.2 Å². The molecule has 0 fully saturated rings. The summed E-state index contributed by atoms with van der Waals surface area (Å²) in [4.78, 5) is 26.4.